The third-order valence-corrected chi connectivity index (χ3v) is 3.79. The number of nitrogens with two attached hydrogens (primary N) is 1. The lowest BCUT2D eigenvalue weighted by atomic mass is 9.95. The van der Waals surface area contributed by atoms with Crippen LogP contribution in [0.25, 0.3) is 0 Å². The van der Waals surface area contributed by atoms with Gasteiger partial charge in [0.25, 0.3) is 5.91 Å². The summed E-state index contributed by atoms with van der Waals surface area (Å²) >= 11 is 4.75. The van der Waals surface area contributed by atoms with E-state index >= 15 is 0 Å². The number of nitriles is 1. The molecule has 0 bridgehead atoms. The van der Waals surface area contributed by atoms with Gasteiger partial charge < -0.3 is 11.1 Å². The Morgan fingerprint density at radius 2 is 1.92 bits per heavy atom. The highest BCUT2D eigenvalue weighted by atomic mass is 32.1. The summed E-state index contributed by atoms with van der Waals surface area (Å²) in [6.07, 6.45) is 0. The van der Waals surface area contributed by atoms with Gasteiger partial charge in [0.1, 0.15) is 11.6 Å². The molecule has 26 heavy (non-hydrogen) atoms. The molecule has 0 saturated carbocycles. The molecule has 0 radical (unpaired) electrons. The van der Waals surface area contributed by atoms with E-state index in [1.165, 1.54) is 0 Å². The number of nitrogens with zero attached hydrogens (tertiary/aromatic N) is 2. The van der Waals surface area contributed by atoms with Crippen molar-refractivity contribution in [1.29, 1.82) is 5.26 Å². The molecule has 2 aromatic rings. The van der Waals surface area contributed by atoms with E-state index in [1.54, 1.807) is 24.3 Å². The molecule has 6 nitrogen and oxygen atoms in total. The molecule has 4 N–H and O–H groups in total. The van der Waals surface area contributed by atoms with E-state index in [1.807, 2.05) is 38.1 Å². The van der Waals surface area contributed by atoms with Crippen LogP contribution < -0.4 is 16.5 Å². The van der Waals surface area contributed by atoms with Crippen LogP contribution in [-0.4, -0.2) is 16.7 Å². The highest BCUT2D eigenvalue weighted by Gasteiger charge is 2.25. The minimum Gasteiger partial charge on any atom is -0.375 e. The molecule has 0 aromatic heterocycles. The number of thiocarbonyl (C=S) groups is 1. The normalized spacial score (nSPS) is 12.0. The molecule has 1 unspecified atom stereocenters. The van der Waals surface area contributed by atoms with Gasteiger partial charge in [-0.15, -0.1) is 0 Å². The van der Waals surface area contributed by atoms with Crippen LogP contribution in [0.5, 0.6) is 0 Å². The van der Waals surface area contributed by atoms with E-state index < -0.39 is 11.8 Å². The van der Waals surface area contributed by atoms with E-state index in [4.69, 9.17) is 18.0 Å². The number of carbonyl (C=O) groups is 1. The number of hydrazone groups is 1. The molecule has 0 heterocycles. The second-order valence-corrected chi connectivity index (χ2v) is 6.16. The first kappa shape index (κ1) is 19.1. The first-order valence-electron chi connectivity index (χ1n) is 7.88. The zero-order valence-corrected chi connectivity index (χ0v) is 15.3. The largest absolute Gasteiger partial charge is 0.375 e. The maximum atomic E-state index is 12.8. The predicted molar refractivity (Wildman–Crippen MR) is 107 cm³/mol. The SMILES string of the molecule is Cc1ccc(C)c(NC(=O)/C(=N\NC(N)=S)C(C#N)c2ccccc2)c1. The van der Waals surface area contributed by atoms with E-state index in [0.717, 1.165) is 11.1 Å². The van der Waals surface area contributed by atoms with Gasteiger partial charge in [0.05, 0.1) is 6.07 Å². The molecule has 0 spiro atoms. The fraction of sp³-hybridized carbons (Fsp3) is 0.158. The van der Waals surface area contributed by atoms with Crippen molar-refractivity contribution in [2.24, 2.45) is 10.8 Å². The Hall–Kier alpha value is -3.24. The molecule has 2 rings (SSSR count). The van der Waals surface area contributed by atoms with Crippen molar-refractivity contribution in [3.05, 3.63) is 65.2 Å². The molecule has 0 aliphatic heterocycles. The number of anilines is 1. The Morgan fingerprint density at radius 1 is 1.23 bits per heavy atom. The highest BCUT2D eigenvalue weighted by molar-refractivity contribution is 7.80. The van der Waals surface area contributed by atoms with Crippen LogP contribution in [-0.2, 0) is 4.79 Å². The number of rotatable bonds is 5. The predicted octanol–water partition coefficient (Wildman–Crippen LogP) is 2.74. The number of amides is 1. The maximum absolute atomic E-state index is 12.8. The molecule has 0 fully saturated rings. The average Bonchev–Trinajstić information content (AvgIpc) is 2.62. The Bertz CT molecular complexity index is 887. The van der Waals surface area contributed by atoms with Crippen LogP contribution in [0.4, 0.5) is 5.69 Å². The first-order valence-corrected chi connectivity index (χ1v) is 8.29. The van der Waals surface area contributed by atoms with Crippen LogP contribution in [0.2, 0.25) is 0 Å². The van der Waals surface area contributed by atoms with Gasteiger partial charge >= 0.3 is 0 Å². The third kappa shape index (κ3) is 4.88. The molecule has 1 amide bonds. The molecule has 1 atom stereocenters. The molecular formula is C19H19N5OS. The first-order chi connectivity index (χ1) is 12.4. The summed E-state index contributed by atoms with van der Waals surface area (Å²) in [7, 11) is 0. The summed E-state index contributed by atoms with van der Waals surface area (Å²) in [4.78, 5) is 12.8. The van der Waals surface area contributed by atoms with Crippen molar-refractivity contribution in [3.8, 4) is 6.07 Å². The van der Waals surface area contributed by atoms with Crippen molar-refractivity contribution in [2.75, 3.05) is 5.32 Å². The van der Waals surface area contributed by atoms with Crippen LogP contribution in [0, 0.1) is 25.2 Å². The van der Waals surface area contributed by atoms with Crippen molar-refractivity contribution in [1.82, 2.24) is 5.43 Å². The zero-order chi connectivity index (χ0) is 19.1. The van der Waals surface area contributed by atoms with Gasteiger partial charge in [0.2, 0.25) is 0 Å². The summed E-state index contributed by atoms with van der Waals surface area (Å²) in [6, 6.07) is 16.8. The fourth-order valence-corrected chi connectivity index (χ4v) is 2.40. The molecular weight excluding hydrogens is 346 g/mol. The average molecular weight is 365 g/mol. The van der Waals surface area contributed by atoms with Gasteiger partial charge in [0.15, 0.2) is 5.11 Å². The van der Waals surface area contributed by atoms with Gasteiger partial charge in [-0.1, -0.05) is 42.5 Å². The topological polar surface area (TPSA) is 103 Å². The minimum absolute atomic E-state index is 0.0209. The Labute approximate surface area is 157 Å². The molecule has 7 heteroatoms. The van der Waals surface area contributed by atoms with Gasteiger partial charge in [-0.05, 0) is 48.8 Å². The van der Waals surface area contributed by atoms with E-state index in [2.05, 4.69) is 21.9 Å². The van der Waals surface area contributed by atoms with E-state index in [-0.39, 0.29) is 10.8 Å². The summed E-state index contributed by atoms with van der Waals surface area (Å²) < 4.78 is 0. The monoisotopic (exact) mass is 365 g/mol. The molecule has 2 aromatic carbocycles. The second-order valence-electron chi connectivity index (χ2n) is 5.72. The Morgan fingerprint density at radius 3 is 2.54 bits per heavy atom. The summed E-state index contributed by atoms with van der Waals surface area (Å²) in [6.45, 7) is 3.82. The lowest BCUT2D eigenvalue weighted by Crippen LogP contribution is -2.33. The summed E-state index contributed by atoms with van der Waals surface area (Å²) in [5.74, 6) is -1.37. The standard InChI is InChI=1S/C19H19N5OS/c1-12-8-9-13(2)16(10-12)22-18(25)17(23-24-19(21)26)15(11-20)14-6-4-3-5-7-14/h3-10,15H,1-2H3,(H,22,25)(H3,21,24,26)/b23-17-. The number of benzene rings is 2. The van der Waals surface area contributed by atoms with Crippen LogP contribution in [0.1, 0.15) is 22.6 Å². The second kappa shape index (κ2) is 8.74. The molecule has 0 aliphatic carbocycles. The highest BCUT2D eigenvalue weighted by Crippen LogP contribution is 2.20. The lowest BCUT2D eigenvalue weighted by molar-refractivity contribution is -0.110. The van der Waals surface area contributed by atoms with Crippen molar-refractivity contribution < 1.29 is 4.79 Å². The minimum atomic E-state index is -0.872. The van der Waals surface area contributed by atoms with Crippen molar-refractivity contribution in [2.45, 2.75) is 19.8 Å². The van der Waals surface area contributed by atoms with E-state index in [0.29, 0.717) is 11.3 Å². The Kier molecular flexibility index (Phi) is 6.42. The van der Waals surface area contributed by atoms with Crippen LogP contribution in [0.3, 0.4) is 0 Å². The maximum Gasteiger partial charge on any atom is 0.273 e. The number of carbonyl (C=O) groups excluding carboxylic acids is 1. The lowest BCUT2D eigenvalue weighted by Gasteiger charge is -2.15. The van der Waals surface area contributed by atoms with Gasteiger partial charge in [-0.2, -0.15) is 10.4 Å². The third-order valence-electron chi connectivity index (χ3n) is 3.70. The quantitative estimate of drug-likeness (QED) is 0.429. The van der Waals surface area contributed by atoms with Gasteiger partial charge in [-0.25, -0.2) is 0 Å². The molecule has 0 aliphatic rings. The molecule has 132 valence electrons. The number of nitrogens with one attached hydrogen (secondary N) is 2. The summed E-state index contributed by atoms with van der Waals surface area (Å²) in [5.41, 5.74) is 11.0. The van der Waals surface area contributed by atoms with E-state index in [9.17, 15) is 10.1 Å². The smallest absolute Gasteiger partial charge is 0.273 e. The number of hydrogen-bond acceptors (Lipinski definition) is 4. The van der Waals surface area contributed by atoms with Crippen LogP contribution in [0.15, 0.2) is 53.6 Å². The zero-order valence-electron chi connectivity index (χ0n) is 14.5. The van der Waals surface area contributed by atoms with Crippen molar-refractivity contribution >= 4 is 34.6 Å². The van der Waals surface area contributed by atoms with Crippen LogP contribution >= 0.6 is 12.2 Å². The number of aryl methyl sites for hydroxylation is 2. The molecule has 0 saturated heterocycles. The number of hydrogen-bond donors (Lipinski definition) is 3. The fourth-order valence-electron chi connectivity index (χ4n) is 2.36. The van der Waals surface area contributed by atoms with Gasteiger partial charge in [-0.3, -0.25) is 10.2 Å². The Balaban J connectivity index is 2.39. The van der Waals surface area contributed by atoms with Crippen molar-refractivity contribution in [3.63, 3.8) is 0 Å². The van der Waals surface area contributed by atoms with Gasteiger partial charge in [0, 0.05) is 5.69 Å². The summed E-state index contributed by atoms with van der Waals surface area (Å²) in [5, 5.41) is 16.3.